The molecule has 0 bridgehead atoms. The first-order valence-corrected chi connectivity index (χ1v) is 7.08. The summed E-state index contributed by atoms with van der Waals surface area (Å²) in [6, 6.07) is 12.3. The van der Waals surface area contributed by atoms with Crippen molar-refractivity contribution in [1.29, 1.82) is 0 Å². The van der Waals surface area contributed by atoms with Gasteiger partial charge in [0, 0.05) is 5.39 Å². The standard InChI is InChI=1S/C15H10Cl3NO/c16-10-5-4-8(6-12(10)18)14(19)13-7-9-2-1-3-11(17)15(9)20-13/h1-7,14H,19H2. The molecule has 0 amide bonds. The lowest BCUT2D eigenvalue weighted by Gasteiger charge is -2.09. The molecule has 102 valence electrons. The van der Waals surface area contributed by atoms with Crippen molar-refractivity contribution in [3.05, 3.63) is 68.9 Å². The molecule has 0 spiro atoms. The number of halogens is 3. The van der Waals surface area contributed by atoms with Crippen molar-refractivity contribution >= 4 is 45.8 Å². The zero-order chi connectivity index (χ0) is 14.3. The van der Waals surface area contributed by atoms with Crippen molar-refractivity contribution in [2.45, 2.75) is 6.04 Å². The molecule has 20 heavy (non-hydrogen) atoms. The molecule has 3 aromatic rings. The largest absolute Gasteiger partial charge is 0.457 e. The molecule has 1 heterocycles. The minimum absolute atomic E-state index is 0.423. The Hall–Kier alpha value is -1.19. The number of rotatable bonds is 2. The maximum atomic E-state index is 6.21. The van der Waals surface area contributed by atoms with Gasteiger partial charge >= 0.3 is 0 Å². The number of hydrogen-bond acceptors (Lipinski definition) is 2. The predicted octanol–water partition coefficient (Wildman–Crippen LogP) is 5.44. The maximum absolute atomic E-state index is 6.21. The van der Waals surface area contributed by atoms with Crippen molar-refractivity contribution < 1.29 is 4.42 Å². The van der Waals surface area contributed by atoms with Crippen LogP contribution in [0.25, 0.3) is 11.0 Å². The summed E-state index contributed by atoms with van der Waals surface area (Å²) >= 11 is 18.0. The fourth-order valence-electron chi connectivity index (χ4n) is 2.07. The van der Waals surface area contributed by atoms with E-state index in [0.29, 0.717) is 26.4 Å². The van der Waals surface area contributed by atoms with Crippen LogP contribution in [0.1, 0.15) is 17.4 Å². The number of fused-ring (bicyclic) bond motifs is 1. The smallest absolute Gasteiger partial charge is 0.152 e. The van der Waals surface area contributed by atoms with Gasteiger partial charge < -0.3 is 10.2 Å². The minimum Gasteiger partial charge on any atom is -0.457 e. The Morgan fingerprint density at radius 2 is 1.70 bits per heavy atom. The van der Waals surface area contributed by atoms with Crippen LogP contribution in [0.3, 0.4) is 0 Å². The van der Waals surface area contributed by atoms with Crippen LogP contribution in [-0.4, -0.2) is 0 Å². The van der Waals surface area contributed by atoms with E-state index in [2.05, 4.69) is 0 Å². The Bertz CT molecular complexity index is 782. The third-order valence-electron chi connectivity index (χ3n) is 3.12. The molecule has 1 atom stereocenters. The first kappa shape index (κ1) is 13.8. The normalized spacial score (nSPS) is 12.8. The van der Waals surface area contributed by atoms with E-state index in [1.54, 1.807) is 18.2 Å². The molecule has 0 aliphatic heterocycles. The molecule has 2 nitrogen and oxygen atoms in total. The van der Waals surface area contributed by atoms with Gasteiger partial charge in [-0.3, -0.25) is 0 Å². The molecule has 0 saturated carbocycles. The average Bonchev–Trinajstić information content (AvgIpc) is 2.86. The van der Waals surface area contributed by atoms with Gasteiger partial charge in [-0.1, -0.05) is 53.0 Å². The molecule has 1 unspecified atom stereocenters. The van der Waals surface area contributed by atoms with Crippen molar-refractivity contribution in [3.8, 4) is 0 Å². The molecule has 2 aromatic carbocycles. The van der Waals surface area contributed by atoms with Crippen LogP contribution in [0.15, 0.2) is 46.9 Å². The quantitative estimate of drug-likeness (QED) is 0.681. The van der Waals surface area contributed by atoms with Crippen molar-refractivity contribution in [2.75, 3.05) is 0 Å². The zero-order valence-corrected chi connectivity index (χ0v) is 12.5. The lowest BCUT2D eigenvalue weighted by Crippen LogP contribution is -2.10. The van der Waals surface area contributed by atoms with Crippen LogP contribution in [0, 0.1) is 0 Å². The van der Waals surface area contributed by atoms with E-state index in [1.165, 1.54) is 0 Å². The highest BCUT2D eigenvalue weighted by atomic mass is 35.5. The van der Waals surface area contributed by atoms with Crippen molar-refractivity contribution in [1.82, 2.24) is 0 Å². The molecule has 0 radical (unpaired) electrons. The summed E-state index contributed by atoms with van der Waals surface area (Å²) in [6.45, 7) is 0. The summed E-state index contributed by atoms with van der Waals surface area (Å²) in [6.07, 6.45) is 0. The summed E-state index contributed by atoms with van der Waals surface area (Å²) in [5.74, 6) is 0.631. The molecule has 0 aliphatic carbocycles. The van der Waals surface area contributed by atoms with E-state index in [1.807, 2.05) is 24.3 Å². The molecule has 0 aliphatic rings. The van der Waals surface area contributed by atoms with E-state index in [-0.39, 0.29) is 0 Å². The summed E-state index contributed by atoms with van der Waals surface area (Å²) in [4.78, 5) is 0. The van der Waals surface area contributed by atoms with E-state index < -0.39 is 6.04 Å². The Labute approximate surface area is 131 Å². The summed E-state index contributed by atoms with van der Waals surface area (Å²) in [5.41, 5.74) is 7.68. The van der Waals surface area contributed by atoms with Crippen molar-refractivity contribution in [2.24, 2.45) is 5.73 Å². The van der Waals surface area contributed by atoms with Crippen LogP contribution in [0.2, 0.25) is 15.1 Å². The third kappa shape index (κ3) is 2.40. The van der Waals surface area contributed by atoms with Gasteiger partial charge in [0.15, 0.2) is 5.58 Å². The number of benzene rings is 2. The second-order valence-electron chi connectivity index (χ2n) is 4.46. The van der Waals surface area contributed by atoms with Gasteiger partial charge in [0.1, 0.15) is 5.76 Å². The lowest BCUT2D eigenvalue weighted by atomic mass is 10.1. The first-order chi connectivity index (χ1) is 9.56. The lowest BCUT2D eigenvalue weighted by molar-refractivity contribution is 0.525. The van der Waals surface area contributed by atoms with E-state index >= 15 is 0 Å². The molecular weight excluding hydrogens is 317 g/mol. The zero-order valence-electron chi connectivity index (χ0n) is 10.2. The number of nitrogens with two attached hydrogens (primary N) is 1. The molecule has 3 rings (SSSR count). The fraction of sp³-hybridized carbons (Fsp3) is 0.0667. The topological polar surface area (TPSA) is 39.2 Å². The monoisotopic (exact) mass is 325 g/mol. The van der Waals surface area contributed by atoms with Crippen LogP contribution < -0.4 is 5.73 Å². The van der Waals surface area contributed by atoms with E-state index in [4.69, 9.17) is 45.0 Å². The van der Waals surface area contributed by atoms with Crippen LogP contribution in [0.4, 0.5) is 0 Å². The highest BCUT2D eigenvalue weighted by Gasteiger charge is 2.16. The van der Waals surface area contributed by atoms with Gasteiger partial charge in [-0.15, -0.1) is 0 Å². The first-order valence-electron chi connectivity index (χ1n) is 5.95. The van der Waals surface area contributed by atoms with Crippen molar-refractivity contribution in [3.63, 3.8) is 0 Å². The number of para-hydroxylation sites is 1. The van der Waals surface area contributed by atoms with E-state index in [9.17, 15) is 0 Å². The summed E-state index contributed by atoms with van der Waals surface area (Å²) in [7, 11) is 0. The third-order valence-corrected chi connectivity index (χ3v) is 4.16. The van der Waals surface area contributed by atoms with Crippen LogP contribution in [0.5, 0.6) is 0 Å². The highest BCUT2D eigenvalue weighted by molar-refractivity contribution is 6.42. The Morgan fingerprint density at radius 3 is 2.40 bits per heavy atom. The molecule has 2 N–H and O–H groups in total. The second kappa shape index (κ2) is 5.30. The molecule has 0 saturated heterocycles. The van der Waals surface area contributed by atoms with Gasteiger partial charge in [0.25, 0.3) is 0 Å². The number of hydrogen-bond donors (Lipinski definition) is 1. The van der Waals surface area contributed by atoms with Gasteiger partial charge in [-0.2, -0.15) is 0 Å². The average molecular weight is 327 g/mol. The highest BCUT2D eigenvalue weighted by Crippen LogP contribution is 2.32. The molecular formula is C15H10Cl3NO. The fourth-order valence-corrected chi connectivity index (χ4v) is 2.60. The van der Waals surface area contributed by atoms with Gasteiger partial charge in [0.05, 0.1) is 21.1 Å². The minimum atomic E-state index is -0.423. The van der Waals surface area contributed by atoms with Crippen LogP contribution in [-0.2, 0) is 0 Å². The molecule has 0 fully saturated rings. The Kier molecular flexibility index (Phi) is 3.65. The summed E-state index contributed by atoms with van der Waals surface area (Å²) in [5, 5.41) is 2.45. The SMILES string of the molecule is NC(c1ccc(Cl)c(Cl)c1)c1cc2cccc(Cl)c2o1. The predicted molar refractivity (Wildman–Crippen MR) is 83.7 cm³/mol. The van der Waals surface area contributed by atoms with E-state index in [0.717, 1.165) is 10.9 Å². The maximum Gasteiger partial charge on any atom is 0.152 e. The second-order valence-corrected chi connectivity index (χ2v) is 5.68. The molecule has 5 heteroatoms. The molecule has 1 aromatic heterocycles. The number of furan rings is 1. The summed E-state index contributed by atoms with van der Waals surface area (Å²) < 4.78 is 5.75. The Balaban J connectivity index is 2.05. The van der Waals surface area contributed by atoms with Crippen LogP contribution >= 0.6 is 34.8 Å². The Morgan fingerprint density at radius 1 is 0.900 bits per heavy atom. The van der Waals surface area contributed by atoms with Gasteiger partial charge in [-0.05, 0) is 29.8 Å². The van der Waals surface area contributed by atoms with Gasteiger partial charge in [0.2, 0.25) is 0 Å². The van der Waals surface area contributed by atoms with Gasteiger partial charge in [-0.25, -0.2) is 0 Å².